The molecule has 1 saturated heterocycles. The topological polar surface area (TPSA) is 120 Å². The monoisotopic (exact) mass is 617 g/mol. The van der Waals surface area contributed by atoms with Crippen LogP contribution in [-0.2, 0) is 24.8 Å². The zero-order valence-electron chi connectivity index (χ0n) is 26.5. The zero-order valence-corrected chi connectivity index (χ0v) is 26.5. The number of carbonyl (C=O) groups excluding carboxylic acids is 2. The van der Waals surface area contributed by atoms with Gasteiger partial charge < -0.3 is 29.8 Å². The van der Waals surface area contributed by atoms with Crippen LogP contribution in [0.5, 0.6) is 5.75 Å². The fourth-order valence-corrected chi connectivity index (χ4v) is 7.55. The second-order valence-electron chi connectivity index (χ2n) is 13.2. The maximum Gasteiger partial charge on any atom is 0.254 e. The van der Waals surface area contributed by atoms with Gasteiger partial charge >= 0.3 is 0 Å². The van der Waals surface area contributed by atoms with E-state index in [0.717, 1.165) is 76.3 Å². The highest BCUT2D eigenvalue weighted by atomic mass is 16.5. The van der Waals surface area contributed by atoms with E-state index in [0.29, 0.717) is 29.6 Å². The van der Waals surface area contributed by atoms with E-state index >= 15 is 0 Å². The van der Waals surface area contributed by atoms with E-state index < -0.39 is 0 Å². The maximum atomic E-state index is 13.7. The molecule has 5 aromatic rings. The Morgan fingerprint density at radius 2 is 1.83 bits per heavy atom. The number of pyridine rings is 1. The molecule has 3 fully saturated rings. The number of likely N-dealkylation sites (N-methyl/N-ethyl adjacent to an activating group) is 1. The number of rotatable bonds is 8. The molecular weight excluding hydrogens is 578 g/mol. The molecule has 2 saturated carbocycles. The van der Waals surface area contributed by atoms with Crippen LogP contribution in [0.1, 0.15) is 41.6 Å². The maximum absolute atomic E-state index is 13.7. The van der Waals surface area contributed by atoms with Crippen molar-refractivity contribution in [3.63, 3.8) is 0 Å². The summed E-state index contributed by atoms with van der Waals surface area (Å²) in [6, 6.07) is 18.3. The molecule has 3 aliphatic rings. The van der Waals surface area contributed by atoms with Crippen LogP contribution < -0.4 is 15.8 Å². The molecule has 1 aliphatic heterocycles. The third-order valence-corrected chi connectivity index (χ3v) is 10.3. The van der Waals surface area contributed by atoms with Crippen molar-refractivity contribution in [2.24, 2.45) is 24.6 Å². The fraction of sp³-hybridized carbons (Fsp3) is 0.389. The molecule has 46 heavy (non-hydrogen) atoms. The molecular formula is C36H39N7O3. The number of nitrogens with two attached hydrogens (primary N) is 1. The van der Waals surface area contributed by atoms with Gasteiger partial charge in [0.05, 0.1) is 30.4 Å². The van der Waals surface area contributed by atoms with Crippen molar-refractivity contribution in [2.45, 2.75) is 50.7 Å². The number of nitrogens with one attached hydrogen (secondary N) is 1. The third kappa shape index (κ3) is 4.74. The quantitative estimate of drug-likeness (QED) is 0.264. The van der Waals surface area contributed by atoms with Crippen molar-refractivity contribution in [1.82, 2.24) is 29.3 Å². The van der Waals surface area contributed by atoms with Crippen LogP contribution in [-0.4, -0.2) is 68.6 Å². The first-order valence-electron chi connectivity index (χ1n) is 16.2. The zero-order chi connectivity index (χ0) is 31.7. The van der Waals surface area contributed by atoms with Gasteiger partial charge in [-0.25, -0.2) is 9.97 Å². The Morgan fingerprint density at radius 3 is 2.50 bits per heavy atom. The van der Waals surface area contributed by atoms with Gasteiger partial charge in [0, 0.05) is 55.8 Å². The highest BCUT2D eigenvalue weighted by Gasteiger charge is 2.47. The predicted octanol–water partition coefficient (Wildman–Crippen LogP) is 4.53. The van der Waals surface area contributed by atoms with E-state index in [1.807, 2.05) is 54.4 Å². The first kappa shape index (κ1) is 28.8. The molecule has 2 aromatic carbocycles. The number of amides is 2. The summed E-state index contributed by atoms with van der Waals surface area (Å²) in [5, 5.41) is 3.73. The lowest BCUT2D eigenvalue weighted by Gasteiger charge is -2.27. The van der Waals surface area contributed by atoms with Crippen molar-refractivity contribution in [3.8, 4) is 28.5 Å². The predicted molar refractivity (Wildman–Crippen MR) is 177 cm³/mol. The van der Waals surface area contributed by atoms with E-state index in [9.17, 15) is 9.59 Å². The lowest BCUT2D eigenvalue weighted by Crippen LogP contribution is -2.41. The highest BCUT2D eigenvalue weighted by molar-refractivity contribution is 6.00. The van der Waals surface area contributed by atoms with Crippen molar-refractivity contribution in [1.29, 1.82) is 0 Å². The van der Waals surface area contributed by atoms with Gasteiger partial charge in [0.1, 0.15) is 16.9 Å². The summed E-state index contributed by atoms with van der Waals surface area (Å²) < 4.78 is 10.2. The molecule has 4 heterocycles. The summed E-state index contributed by atoms with van der Waals surface area (Å²) >= 11 is 0. The number of carbonyl (C=O) groups is 2. The number of fused-ring (bicyclic) bond motifs is 4. The van der Waals surface area contributed by atoms with Crippen molar-refractivity contribution in [2.75, 3.05) is 20.7 Å². The number of piperidine rings is 1. The number of nitrogens with zero attached hydrogens (tertiary/aromatic N) is 5. The number of methoxy groups -OCH3 is 1. The van der Waals surface area contributed by atoms with E-state index in [2.05, 4.69) is 26.6 Å². The summed E-state index contributed by atoms with van der Waals surface area (Å²) in [4.78, 5) is 37.8. The molecule has 8 rings (SSSR count). The Hall–Kier alpha value is -4.70. The van der Waals surface area contributed by atoms with Crippen molar-refractivity contribution in [3.05, 3.63) is 65.7 Å². The Labute approximate surface area is 267 Å². The minimum Gasteiger partial charge on any atom is -0.494 e. The number of imidazole rings is 1. The van der Waals surface area contributed by atoms with Crippen LogP contribution >= 0.6 is 0 Å². The number of hydrogen-bond donors (Lipinski definition) is 2. The van der Waals surface area contributed by atoms with Crippen LogP contribution in [0.15, 0.2) is 54.6 Å². The van der Waals surface area contributed by atoms with Crippen LogP contribution in [0, 0.1) is 11.8 Å². The Morgan fingerprint density at radius 1 is 1.02 bits per heavy atom. The molecule has 236 valence electrons. The average molecular weight is 618 g/mol. The summed E-state index contributed by atoms with van der Waals surface area (Å²) in [6.45, 7) is 1.58. The summed E-state index contributed by atoms with van der Waals surface area (Å²) in [5.74, 6) is 2.41. The van der Waals surface area contributed by atoms with Crippen LogP contribution in [0.25, 0.3) is 44.8 Å². The second kappa shape index (κ2) is 11.0. The molecule has 3 aromatic heterocycles. The van der Waals surface area contributed by atoms with E-state index in [1.54, 1.807) is 14.2 Å². The minimum atomic E-state index is -0.0109. The molecule has 0 spiro atoms. The summed E-state index contributed by atoms with van der Waals surface area (Å²) in [7, 11) is 5.30. The Kier molecular flexibility index (Phi) is 6.86. The number of likely N-dealkylation sites (tertiary alicyclic amines) is 1. The molecule has 3 atom stereocenters. The SMILES string of the molecule is CNC(=O)Cc1ccc(-c2ccc3cc(-c4nc5cc(C(=O)N6CC7CCC6C7N)cc(OC)c5n4C)n(CC4CC4)c3n2)cc1. The van der Waals surface area contributed by atoms with Gasteiger partial charge in [-0.2, -0.15) is 0 Å². The summed E-state index contributed by atoms with van der Waals surface area (Å²) in [6.07, 6.45) is 4.82. The molecule has 3 unspecified atom stereocenters. The lowest BCUT2D eigenvalue weighted by molar-refractivity contribution is -0.119. The molecule has 2 amide bonds. The fourth-order valence-electron chi connectivity index (χ4n) is 7.55. The number of aromatic nitrogens is 4. The third-order valence-electron chi connectivity index (χ3n) is 10.3. The molecule has 3 N–H and O–H groups in total. The van der Waals surface area contributed by atoms with Gasteiger partial charge in [-0.15, -0.1) is 0 Å². The van der Waals surface area contributed by atoms with Crippen LogP contribution in [0.2, 0.25) is 0 Å². The first-order valence-corrected chi connectivity index (χ1v) is 16.2. The average Bonchev–Trinajstić information content (AvgIpc) is 3.48. The Bertz CT molecular complexity index is 2010. The highest BCUT2D eigenvalue weighted by Crippen LogP contribution is 2.40. The van der Waals surface area contributed by atoms with Gasteiger partial charge in [0.25, 0.3) is 5.91 Å². The van der Waals surface area contributed by atoms with Gasteiger partial charge in [-0.3, -0.25) is 9.59 Å². The van der Waals surface area contributed by atoms with E-state index in [4.69, 9.17) is 20.4 Å². The smallest absolute Gasteiger partial charge is 0.254 e. The number of benzene rings is 2. The lowest BCUT2D eigenvalue weighted by atomic mass is 10.1. The van der Waals surface area contributed by atoms with Gasteiger partial charge in [-0.1, -0.05) is 24.3 Å². The molecule has 10 heteroatoms. The van der Waals surface area contributed by atoms with Crippen molar-refractivity contribution >= 4 is 33.9 Å². The first-order chi connectivity index (χ1) is 22.3. The molecule has 2 bridgehead atoms. The number of ether oxygens (including phenoxy) is 1. The largest absolute Gasteiger partial charge is 0.494 e. The standard InChI is InChI=1S/C36H39N7O3/c1-38-31(44)14-20-6-8-22(9-7-20)26-12-10-23-16-29(42(34(23)39-26)18-21-4-5-21)35-40-27-15-25(17-30(46-3)33(27)41(35)2)36(45)43-19-24-11-13-28(43)32(24)37/h6-10,12,15-17,21,24,28,32H,4-5,11,13-14,18-19,37H2,1-3H3,(H,38,44). The van der Waals surface area contributed by atoms with E-state index in [-0.39, 0.29) is 23.9 Å². The molecule has 0 radical (unpaired) electrons. The van der Waals surface area contributed by atoms with Crippen molar-refractivity contribution < 1.29 is 14.3 Å². The van der Waals surface area contributed by atoms with Gasteiger partial charge in [-0.05, 0) is 73.4 Å². The second-order valence-corrected chi connectivity index (χ2v) is 13.2. The van der Waals surface area contributed by atoms with E-state index in [1.165, 1.54) is 12.8 Å². The van der Waals surface area contributed by atoms with Gasteiger partial charge in [0.2, 0.25) is 5.91 Å². The molecule has 2 aliphatic carbocycles. The van der Waals surface area contributed by atoms with Crippen LogP contribution in [0.4, 0.5) is 0 Å². The number of aryl methyl sites for hydroxylation is 1. The molecule has 10 nitrogen and oxygen atoms in total. The Balaban J connectivity index is 1.19. The van der Waals surface area contributed by atoms with Crippen LogP contribution in [0.3, 0.4) is 0 Å². The normalized spacial score (nSPS) is 20.6. The number of hydrogen-bond acceptors (Lipinski definition) is 6. The minimum absolute atomic E-state index is 0.00343. The summed E-state index contributed by atoms with van der Waals surface area (Å²) in [5.41, 5.74) is 13.3. The van der Waals surface area contributed by atoms with Gasteiger partial charge in [0.15, 0.2) is 5.82 Å².